The van der Waals surface area contributed by atoms with Crippen LogP contribution in [0.25, 0.3) is 33.6 Å². The second-order valence-corrected chi connectivity index (χ2v) is 12.0. The van der Waals surface area contributed by atoms with E-state index in [1.54, 1.807) is 42.7 Å². The fourth-order valence-electron chi connectivity index (χ4n) is 5.12. The van der Waals surface area contributed by atoms with Gasteiger partial charge in [0.2, 0.25) is 0 Å². The Bertz CT molecular complexity index is 1900. The number of methoxy groups -OCH3 is 6. The zero-order valence-corrected chi connectivity index (χ0v) is 28.9. The highest BCUT2D eigenvalue weighted by molar-refractivity contribution is 7.14. The molecule has 0 atom stereocenters. The highest BCUT2D eigenvalue weighted by Gasteiger charge is 2.16. The lowest BCUT2D eigenvalue weighted by Gasteiger charge is -2.14. The molecule has 0 saturated heterocycles. The van der Waals surface area contributed by atoms with Gasteiger partial charge in [0.25, 0.3) is 0 Å². The fraction of sp³-hybridized carbons (Fsp3) is 0.167. The van der Waals surface area contributed by atoms with Crippen LogP contribution in [0.15, 0.2) is 83.6 Å². The van der Waals surface area contributed by atoms with E-state index in [9.17, 15) is 0 Å². The van der Waals surface area contributed by atoms with Crippen molar-refractivity contribution in [1.82, 2.24) is 9.97 Å². The van der Waals surface area contributed by atoms with E-state index in [2.05, 4.69) is 10.6 Å². The monoisotopic (exact) mass is 682 g/mol. The van der Waals surface area contributed by atoms with Gasteiger partial charge in [-0.25, -0.2) is 9.97 Å². The summed E-state index contributed by atoms with van der Waals surface area (Å²) in [6.45, 7) is 0. The maximum atomic E-state index is 5.78. The van der Waals surface area contributed by atoms with Gasteiger partial charge in [-0.15, -0.1) is 22.7 Å². The summed E-state index contributed by atoms with van der Waals surface area (Å²) in [5.41, 5.74) is 6.77. The number of rotatable bonds is 13. The van der Waals surface area contributed by atoms with Gasteiger partial charge in [-0.1, -0.05) is 12.1 Å². The van der Waals surface area contributed by atoms with Gasteiger partial charge in [-0.2, -0.15) is 0 Å². The quantitative estimate of drug-likeness (QED) is 0.123. The molecular formula is C36H34N4O6S2. The number of hydrogen-bond acceptors (Lipinski definition) is 12. The van der Waals surface area contributed by atoms with Gasteiger partial charge in [-0.3, -0.25) is 0 Å². The van der Waals surface area contributed by atoms with E-state index in [-0.39, 0.29) is 0 Å². The molecule has 12 heteroatoms. The molecule has 6 aromatic rings. The minimum atomic E-state index is 0.674. The van der Waals surface area contributed by atoms with Crippen molar-refractivity contribution >= 4 is 44.3 Å². The van der Waals surface area contributed by atoms with E-state index >= 15 is 0 Å². The first kappa shape index (κ1) is 32.5. The van der Waals surface area contributed by atoms with Crippen LogP contribution in [0, 0.1) is 0 Å². The van der Waals surface area contributed by atoms with Gasteiger partial charge in [0, 0.05) is 21.9 Å². The Hall–Kier alpha value is -5.46. The molecule has 0 spiro atoms. The third-order valence-corrected chi connectivity index (χ3v) is 9.11. The number of nitrogens with zero attached hydrogens (tertiary/aromatic N) is 2. The SMILES string of the molecule is COc1ccc(OC)c(-c2csc(Nc3ccc(-c4ccc(Nc5nc(-c6cc(OC)ccc6OC)cs5)c(OC)c4)cc3OC)n2)c1. The van der Waals surface area contributed by atoms with Crippen molar-refractivity contribution in [3.05, 3.63) is 83.6 Å². The van der Waals surface area contributed by atoms with Crippen LogP contribution in [0.3, 0.4) is 0 Å². The van der Waals surface area contributed by atoms with Gasteiger partial charge in [0.05, 0.1) is 65.4 Å². The Kier molecular flexibility index (Phi) is 9.83. The molecule has 2 aromatic heterocycles. The summed E-state index contributed by atoms with van der Waals surface area (Å²) in [6, 6.07) is 23.3. The summed E-state index contributed by atoms with van der Waals surface area (Å²) >= 11 is 2.98. The number of anilines is 4. The highest BCUT2D eigenvalue weighted by Crippen LogP contribution is 2.40. The summed E-state index contributed by atoms with van der Waals surface area (Å²) in [6.07, 6.45) is 0. The molecule has 6 rings (SSSR count). The normalized spacial score (nSPS) is 10.7. The molecule has 0 saturated carbocycles. The molecule has 48 heavy (non-hydrogen) atoms. The molecule has 0 aliphatic carbocycles. The molecule has 0 amide bonds. The van der Waals surface area contributed by atoms with Crippen molar-refractivity contribution in [1.29, 1.82) is 0 Å². The average molecular weight is 683 g/mol. The number of aromatic nitrogens is 2. The summed E-state index contributed by atoms with van der Waals surface area (Å²) < 4.78 is 33.5. The van der Waals surface area contributed by atoms with E-state index < -0.39 is 0 Å². The molecule has 0 aliphatic rings. The molecule has 246 valence electrons. The number of hydrogen-bond donors (Lipinski definition) is 2. The van der Waals surface area contributed by atoms with Crippen molar-refractivity contribution in [3.8, 4) is 68.1 Å². The van der Waals surface area contributed by atoms with Crippen LogP contribution in [0.5, 0.6) is 34.5 Å². The van der Waals surface area contributed by atoms with E-state index in [4.69, 9.17) is 38.4 Å². The first-order valence-electron chi connectivity index (χ1n) is 14.7. The molecule has 2 heterocycles. The van der Waals surface area contributed by atoms with Crippen LogP contribution in [0.2, 0.25) is 0 Å². The van der Waals surface area contributed by atoms with Gasteiger partial charge in [0.15, 0.2) is 10.3 Å². The smallest absolute Gasteiger partial charge is 0.187 e. The Balaban J connectivity index is 1.20. The van der Waals surface area contributed by atoms with Crippen molar-refractivity contribution in [3.63, 3.8) is 0 Å². The second-order valence-electron chi connectivity index (χ2n) is 10.3. The molecule has 0 aliphatic heterocycles. The third kappa shape index (κ3) is 6.80. The number of thiazole rings is 2. The predicted molar refractivity (Wildman–Crippen MR) is 193 cm³/mol. The lowest BCUT2D eigenvalue weighted by Crippen LogP contribution is -1.97. The predicted octanol–water partition coefficient (Wildman–Crippen LogP) is 9.14. The highest BCUT2D eigenvalue weighted by atomic mass is 32.1. The Labute approximate surface area is 286 Å². The summed E-state index contributed by atoms with van der Waals surface area (Å²) in [5, 5.41) is 12.2. The molecule has 0 radical (unpaired) electrons. The van der Waals surface area contributed by atoms with Gasteiger partial charge in [-0.05, 0) is 71.8 Å². The van der Waals surface area contributed by atoms with Gasteiger partial charge >= 0.3 is 0 Å². The van der Waals surface area contributed by atoms with Crippen LogP contribution < -0.4 is 39.1 Å². The van der Waals surface area contributed by atoms with E-state index in [0.29, 0.717) is 21.8 Å². The minimum absolute atomic E-state index is 0.674. The van der Waals surface area contributed by atoms with Crippen LogP contribution in [-0.4, -0.2) is 52.6 Å². The van der Waals surface area contributed by atoms with Crippen LogP contribution >= 0.6 is 22.7 Å². The third-order valence-electron chi connectivity index (χ3n) is 7.59. The minimum Gasteiger partial charge on any atom is -0.497 e. The largest absolute Gasteiger partial charge is 0.497 e. The number of nitrogens with one attached hydrogen (secondary N) is 2. The zero-order valence-electron chi connectivity index (χ0n) is 27.2. The number of ether oxygens (including phenoxy) is 6. The Morgan fingerprint density at radius 1 is 0.458 bits per heavy atom. The van der Waals surface area contributed by atoms with Crippen molar-refractivity contribution in [2.75, 3.05) is 53.3 Å². The lowest BCUT2D eigenvalue weighted by atomic mass is 10.0. The van der Waals surface area contributed by atoms with Gasteiger partial charge < -0.3 is 39.1 Å². The van der Waals surface area contributed by atoms with E-state index in [0.717, 1.165) is 68.0 Å². The molecule has 0 fully saturated rings. The Morgan fingerprint density at radius 3 is 1.25 bits per heavy atom. The summed E-state index contributed by atoms with van der Waals surface area (Å²) in [7, 11) is 9.85. The first-order valence-corrected chi connectivity index (χ1v) is 16.5. The lowest BCUT2D eigenvalue weighted by molar-refractivity contribution is 0.404. The topological polar surface area (TPSA) is 105 Å². The van der Waals surface area contributed by atoms with Crippen molar-refractivity contribution < 1.29 is 28.4 Å². The van der Waals surface area contributed by atoms with Crippen molar-refractivity contribution in [2.24, 2.45) is 0 Å². The van der Waals surface area contributed by atoms with Crippen molar-refractivity contribution in [2.45, 2.75) is 0 Å². The maximum absolute atomic E-state index is 5.78. The summed E-state index contributed by atoms with van der Waals surface area (Å²) in [5.74, 6) is 4.25. The second kappa shape index (κ2) is 14.5. The molecule has 4 aromatic carbocycles. The van der Waals surface area contributed by atoms with Crippen LogP contribution in [-0.2, 0) is 0 Å². The standard InChI is InChI=1S/C36H34N4O6S2/c1-41-23-9-13-31(43-3)25(17-23)29-19-47-35(39-29)37-27-11-7-21(15-33(27)45-5)22-8-12-28(34(16-22)46-6)38-36-40-30(20-48-36)26-18-24(42-2)10-14-32(26)44-4/h7-20H,1-6H3,(H,37,39)(H,38,40). The Morgan fingerprint density at radius 2 is 0.875 bits per heavy atom. The van der Waals surface area contributed by atoms with Crippen LogP contribution in [0.4, 0.5) is 21.6 Å². The molecular weight excluding hydrogens is 649 g/mol. The van der Waals surface area contributed by atoms with Gasteiger partial charge in [0.1, 0.15) is 34.5 Å². The molecule has 2 N–H and O–H groups in total. The van der Waals surface area contributed by atoms with Crippen LogP contribution in [0.1, 0.15) is 0 Å². The molecule has 10 nitrogen and oxygen atoms in total. The van der Waals surface area contributed by atoms with E-state index in [1.165, 1.54) is 22.7 Å². The fourth-order valence-corrected chi connectivity index (χ4v) is 6.56. The molecule has 0 bridgehead atoms. The average Bonchev–Trinajstić information content (AvgIpc) is 3.81. The number of benzene rings is 4. The van der Waals surface area contributed by atoms with E-state index in [1.807, 2.05) is 83.6 Å². The first-order chi connectivity index (χ1) is 23.5. The zero-order chi connectivity index (χ0) is 33.6. The molecule has 0 unspecified atom stereocenters. The summed E-state index contributed by atoms with van der Waals surface area (Å²) in [4.78, 5) is 9.59. The maximum Gasteiger partial charge on any atom is 0.187 e.